The molecule has 1 aliphatic rings. The molecular weight excluding hydrogens is 297 g/mol. The van der Waals surface area contributed by atoms with E-state index in [-0.39, 0.29) is 11.7 Å². The van der Waals surface area contributed by atoms with Gasteiger partial charge in [0, 0.05) is 25.2 Å². The van der Waals surface area contributed by atoms with E-state index in [1.165, 1.54) is 23.1 Å². The lowest BCUT2D eigenvalue weighted by atomic mass is 10.0. The lowest BCUT2D eigenvalue weighted by Gasteiger charge is -2.19. The van der Waals surface area contributed by atoms with Gasteiger partial charge >= 0.3 is 6.36 Å². The monoisotopic (exact) mass is 316 g/mol. The third-order valence-corrected chi connectivity index (χ3v) is 3.74. The summed E-state index contributed by atoms with van der Waals surface area (Å²) in [6.45, 7) is 1.90. The zero-order chi connectivity index (χ0) is 16.2. The standard InChI is InChI=1S/C15H19F3N2O2/c1-20(14(21)6-5-11-7-8-19-10-11)12-3-2-4-13(9-12)22-15(16,17)18/h2-4,9,11,19H,5-8,10H2,1H3. The maximum absolute atomic E-state index is 12.2. The molecule has 1 aromatic carbocycles. The molecule has 1 fully saturated rings. The van der Waals surface area contributed by atoms with Gasteiger partial charge in [0.2, 0.25) is 5.91 Å². The van der Waals surface area contributed by atoms with Gasteiger partial charge in [-0.2, -0.15) is 0 Å². The maximum atomic E-state index is 12.2. The van der Waals surface area contributed by atoms with Gasteiger partial charge in [0.1, 0.15) is 5.75 Å². The minimum atomic E-state index is -4.74. The van der Waals surface area contributed by atoms with Crippen LogP contribution in [0.3, 0.4) is 0 Å². The highest BCUT2D eigenvalue weighted by Gasteiger charge is 2.31. The molecule has 22 heavy (non-hydrogen) atoms. The van der Waals surface area contributed by atoms with Crippen molar-refractivity contribution in [3.05, 3.63) is 24.3 Å². The van der Waals surface area contributed by atoms with Crippen molar-refractivity contribution in [1.82, 2.24) is 5.32 Å². The summed E-state index contributed by atoms with van der Waals surface area (Å²) in [4.78, 5) is 13.5. The molecule has 122 valence electrons. The van der Waals surface area contributed by atoms with E-state index in [1.54, 1.807) is 13.1 Å². The van der Waals surface area contributed by atoms with Crippen molar-refractivity contribution in [3.8, 4) is 5.75 Å². The fourth-order valence-corrected chi connectivity index (χ4v) is 2.49. The normalized spacial score (nSPS) is 18.3. The average Bonchev–Trinajstić information content (AvgIpc) is 2.95. The first-order chi connectivity index (χ1) is 10.3. The van der Waals surface area contributed by atoms with Crippen LogP contribution in [-0.4, -0.2) is 32.4 Å². The molecule has 0 radical (unpaired) electrons. The van der Waals surface area contributed by atoms with Gasteiger partial charge < -0.3 is 15.0 Å². The number of nitrogens with zero attached hydrogens (tertiary/aromatic N) is 1. The van der Waals surface area contributed by atoms with Crippen molar-refractivity contribution in [3.63, 3.8) is 0 Å². The number of carbonyl (C=O) groups is 1. The Labute approximate surface area is 127 Å². The van der Waals surface area contributed by atoms with Crippen LogP contribution in [-0.2, 0) is 4.79 Å². The number of ether oxygens (including phenoxy) is 1. The van der Waals surface area contributed by atoms with Crippen molar-refractivity contribution in [2.45, 2.75) is 25.6 Å². The molecule has 1 saturated heterocycles. The molecule has 1 N–H and O–H groups in total. The van der Waals surface area contributed by atoms with Crippen molar-refractivity contribution >= 4 is 11.6 Å². The van der Waals surface area contributed by atoms with Gasteiger partial charge in [0.25, 0.3) is 0 Å². The second-order valence-electron chi connectivity index (χ2n) is 5.40. The molecule has 7 heteroatoms. The first-order valence-corrected chi connectivity index (χ1v) is 7.18. The molecule has 1 aromatic rings. The molecule has 1 heterocycles. The molecule has 1 atom stereocenters. The maximum Gasteiger partial charge on any atom is 0.573 e. The molecule has 0 bridgehead atoms. The van der Waals surface area contributed by atoms with E-state index < -0.39 is 6.36 Å². The number of anilines is 1. The smallest absolute Gasteiger partial charge is 0.406 e. The largest absolute Gasteiger partial charge is 0.573 e. The number of carbonyl (C=O) groups excluding carboxylic acids is 1. The predicted molar refractivity (Wildman–Crippen MR) is 76.7 cm³/mol. The highest BCUT2D eigenvalue weighted by Crippen LogP contribution is 2.27. The summed E-state index contributed by atoms with van der Waals surface area (Å²) in [6.07, 6.45) is -2.51. The zero-order valence-corrected chi connectivity index (χ0v) is 12.3. The summed E-state index contributed by atoms with van der Waals surface area (Å²) < 4.78 is 40.5. The van der Waals surface area contributed by atoms with Crippen LogP contribution in [0, 0.1) is 5.92 Å². The van der Waals surface area contributed by atoms with Crippen molar-refractivity contribution in [2.24, 2.45) is 5.92 Å². The molecule has 1 unspecified atom stereocenters. The molecule has 0 aromatic heterocycles. The Kier molecular flexibility index (Phi) is 5.28. The summed E-state index contributed by atoms with van der Waals surface area (Å²) in [7, 11) is 1.56. The van der Waals surface area contributed by atoms with Crippen LogP contribution in [0.4, 0.5) is 18.9 Å². The number of hydrogen-bond acceptors (Lipinski definition) is 3. The fourth-order valence-electron chi connectivity index (χ4n) is 2.49. The molecule has 2 rings (SSSR count). The van der Waals surface area contributed by atoms with Gasteiger partial charge in [-0.3, -0.25) is 4.79 Å². The summed E-state index contributed by atoms with van der Waals surface area (Å²) in [5, 5.41) is 3.24. The number of rotatable bonds is 5. The van der Waals surface area contributed by atoms with Crippen LogP contribution >= 0.6 is 0 Å². The first-order valence-electron chi connectivity index (χ1n) is 7.18. The molecule has 4 nitrogen and oxygen atoms in total. The first kappa shape index (κ1) is 16.6. The van der Waals surface area contributed by atoms with Crippen molar-refractivity contribution < 1.29 is 22.7 Å². The number of hydrogen-bond donors (Lipinski definition) is 1. The number of nitrogens with one attached hydrogen (secondary N) is 1. The molecular formula is C15H19F3N2O2. The van der Waals surface area contributed by atoms with Gasteiger partial charge in [-0.15, -0.1) is 13.2 Å². The van der Waals surface area contributed by atoms with Crippen molar-refractivity contribution in [1.29, 1.82) is 0 Å². The number of alkyl halides is 3. The van der Waals surface area contributed by atoms with Crippen LogP contribution in [0.2, 0.25) is 0 Å². The fraction of sp³-hybridized carbons (Fsp3) is 0.533. The minimum absolute atomic E-state index is 0.115. The quantitative estimate of drug-likeness (QED) is 0.908. The predicted octanol–water partition coefficient (Wildman–Crippen LogP) is 2.94. The van der Waals surface area contributed by atoms with E-state index >= 15 is 0 Å². The Balaban J connectivity index is 1.94. The van der Waals surface area contributed by atoms with E-state index in [9.17, 15) is 18.0 Å². The second-order valence-corrected chi connectivity index (χ2v) is 5.40. The minimum Gasteiger partial charge on any atom is -0.406 e. The highest BCUT2D eigenvalue weighted by molar-refractivity contribution is 5.92. The van der Waals surface area contributed by atoms with Gasteiger partial charge in [-0.05, 0) is 44.0 Å². The van der Waals surface area contributed by atoms with Crippen LogP contribution < -0.4 is 15.0 Å². The van der Waals surface area contributed by atoms with Crippen LogP contribution in [0.1, 0.15) is 19.3 Å². The summed E-state index contributed by atoms with van der Waals surface area (Å²) in [5.41, 5.74) is 0.385. The molecule has 0 aliphatic carbocycles. The van der Waals surface area contributed by atoms with Crippen LogP contribution in [0.15, 0.2) is 24.3 Å². The lowest BCUT2D eigenvalue weighted by molar-refractivity contribution is -0.274. The highest BCUT2D eigenvalue weighted by atomic mass is 19.4. The molecule has 0 saturated carbocycles. The molecule has 0 spiro atoms. The van der Waals surface area contributed by atoms with Gasteiger partial charge in [-0.25, -0.2) is 0 Å². The SMILES string of the molecule is CN(C(=O)CCC1CCNC1)c1cccc(OC(F)(F)F)c1. The Morgan fingerprint density at radius 1 is 1.45 bits per heavy atom. The summed E-state index contributed by atoms with van der Waals surface area (Å²) >= 11 is 0. The van der Waals surface area contributed by atoms with Gasteiger partial charge in [-0.1, -0.05) is 6.07 Å². The van der Waals surface area contributed by atoms with Gasteiger partial charge in [0.05, 0.1) is 0 Å². The summed E-state index contributed by atoms with van der Waals surface area (Å²) in [5.74, 6) is 0.0537. The lowest BCUT2D eigenvalue weighted by Crippen LogP contribution is -2.27. The number of benzene rings is 1. The van der Waals surface area contributed by atoms with Crippen LogP contribution in [0.5, 0.6) is 5.75 Å². The topological polar surface area (TPSA) is 41.6 Å². The molecule has 1 aliphatic heterocycles. The number of amides is 1. The van der Waals surface area contributed by atoms with E-state index in [1.807, 2.05) is 0 Å². The van der Waals surface area contributed by atoms with E-state index in [0.717, 1.165) is 25.9 Å². The van der Waals surface area contributed by atoms with Gasteiger partial charge in [0.15, 0.2) is 0 Å². The Bertz CT molecular complexity index is 514. The van der Waals surface area contributed by atoms with Crippen LogP contribution in [0.25, 0.3) is 0 Å². The Morgan fingerprint density at radius 2 is 2.23 bits per heavy atom. The Hall–Kier alpha value is -1.76. The third-order valence-electron chi connectivity index (χ3n) is 3.74. The van der Waals surface area contributed by atoms with E-state index in [4.69, 9.17) is 0 Å². The molecule has 1 amide bonds. The third kappa shape index (κ3) is 4.91. The second kappa shape index (κ2) is 7.00. The van der Waals surface area contributed by atoms with Crippen molar-refractivity contribution in [2.75, 3.05) is 25.0 Å². The Morgan fingerprint density at radius 3 is 2.86 bits per heavy atom. The average molecular weight is 316 g/mol. The van der Waals surface area contributed by atoms with E-state index in [0.29, 0.717) is 18.0 Å². The zero-order valence-electron chi connectivity index (χ0n) is 12.3. The summed E-state index contributed by atoms with van der Waals surface area (Å²) in [6, 6.07) is 5.43. The number of halogens is 3. The van der Waals surface area contributed by atoms with E-state index in [2.05, 4.69) is 10.1 Å².